The molecule has 0 spiro atoms. The molecule has 1 aliphatic rings. The van der Waals surface area contributed by atoms with Crippen LogP contribution in [-0.2, 0) is 0 Å². The number of likely N-dealkylation sites (N-methyl/N-ethyl adjacent to an activating group) is 2. The second kappa shape index (κ2) is 6.66. The molecule has 2 atom stereocenters. The van der Waals surface area contributed by atoms with Crippen molar-refractivity contribution in [3.8, 4) is 0 Å². The summed E-state index contributed by atoms with van der Waals surface area (Å²) < 4.78 is 13.5. The summed E-state index contributed by atoms with van der Waals surface area (Å²) in [5.74, 6) is -0.182. The largest absolute Gasteiger partial charge is 0.329 e. The summed E-state index contributed by atoms with van der Waals surface area (Å²) in [6.07, 6.45) is 2.40. The van der Waals surface area contributed by atoms with Crippen LogP contribution in [0.4, 0.5) is 4.39 Å². The van der Waals surface area contributed by atoms with E-state index < -0.39 is 0 Å². The molecular weight excluding hydrogens is 253 g/mol. The molecule has 1 saturated heterocycles. The van der Waals surface area contributed by atoms with E-state index in [9.17, 15) is 4.39 Å². The van der Waals surface area contributed by atoms with Gasteiger partial charge >= 0.3 is 0 Å². The van der Waals surface area contributed by atoms with Crippen molar-refractivity contribution in [2.45, 2.75) is 31.8 Å². The summed E-state index contributed by atoms with van der Waals surface area (Å²) in [7, 11) is 4.27. The van der Waals surface area contributed by atoms with Gasteiger partial charge < -0.3 is 10.6 Å². The summed E-state index contributed by atoms with van der Waals surface area (Å²) >= 11 is 0. The van der Waals surface area contributed by atoms with Gasteiger partial charge in [-0.2, -0.15) is 0 Å². The molecule has 20 heavy (non-hydrogen) atoms. The van der Waals surface area contributed by atoms with Crippen molar-refractivity contribution in [2.75, 3.05) is 33.7 Å². The minimum absolute atomic E-state index is 0.0854. The second-order valence-corrected chi connectivity index (χ2v) is 5.98. The van der Waals surface area contributed by atoms with E-state index in [2.05, 4.69) is 23.9 Å². The Balaban J connectivity index is 2.20. The second-order valence-electron chi connectivity index (χ2n) is 5.98. The molecule has 0 aromatic heterocycles. The molecule has 112 valence electrons. The van der Waals surface area contributed by atoms with E-state index in [1.54, 1.807) is 6.07 Å². The highest BCUT2D eigenvalue weighted by Gasteiger charge is 2.27. The van der Waals surface area contributed by atoms with Crippen LogP contribution in [0.2, 0.25) is 0 Å². The van der Waals surface area contributed by atoms with Gasteiger partial charge in [0.25, 0.3) is 0 Å². The van der Waals surface area contributed by atoms with Crippen molar-refractivity contribution in [2.24, 2.45) is 5.73 Å². The lowest BCUT2D eigenvalue weighted by Crippen LogP contribution is -2.47. The fourth-order valence-corrected chi connectivity index (χ4v) is 3.21. The average molecular weight is 279 g/mol. The maximum Gasteiger partial charge on any atom is 0.123 e. The smallest absolute Gasteiger partial charge is 0.123 e. The molecule has 0 aliphatic carbocycles. The summed E-state index contributed by atoms with van der Waals surface area (Å²) in [5, 5.41) is 0. The Morgan fingerprint density at radius 1 is 1.50 bits per heavy atom. The van der Waals surface area contributed by atoms with Gasteiger partial charge in [0.05, 0.1) is 0 Å². The topological polar surface area (TPSA) is 32.5 Å². The quantitative estimate of drug-likeness (QED) is 0.917. The SMILES string of the molecule is Cc1ccc(F)cc1C(CN)N(C)C1CCCN(C)C1. The molecule has 0 amide bonds. The molecule has 4 heteroatoms. The van der Waals surface area contributed by atoms with Crippen molar-refractivity contribution in [1.82, 2.24) is 9.80 Å². The van der Waals surface area contributed by atoms with Gasteiger partial charge in [0.1, 0.15) is 5.82 Å². The van der Waals surface area contributed by atoms with Gasteiger partial charge in [-0.25, -0.2) is 4.39 Å². The van der Waals surface area contributed by atoms with E-state index in [4.69, 9.17) is 5.73 Å². The molecule has 0 radical (unpaired) electrons. The summed E-state index contributed by atoms with van der Waals surface area (Å²) in [6, 6.07) is 5.57. The highest BCUT2D eigenvalue weighted by Crippen LogP contribution is 2.27. The standard InChI is InChI=1S/C16H26FN3/c1-12-6-7-13(17)9-15(12)16(10-18)20(3)14-5-4-8-19(2)11-14/h6-7,9,14,16H,4-5,8,10-11,18H2,1-3H3. The third kappa shape index (κ3) is 3.37. The molecule has 3 nitrogen and oxygen atoms in total. The molecule has 1 aromatic carbocycles. The Kier molecular flexibility index (Phi) is 5.13. The number of hydrogen-bond acceptors (Lipinski definition) is 3. The number of benzene rings is 1. The number of piperidine rings is 1. The first-order valence-corrected chi connectivity index (χ1v) is 7.39. The van der Waals surface area contributed by atoms with Gasteiger partial charge in [-0.3, -0.25) is 4.90 Å². The van der Waals surface area contributed by atoms with Gasteiger partial charge in [-0.15, -0.1) is 0 Å². The van der Waals surface area contributed by atoms with Crippen LogP contribution in [0, 0.1) is 12.7 Å². The van der Waals surface area contributed by atoms with E-state index in [-0.39, 0.29) is 11.9 Å². The molecule has 1 aliphatic heterocycles. The zero-order valence-electron chi connectivity index (χ0n) is 12.8. The van der Waals surface area contributed by atoms with Crippen LogP contribution >= 0.6 is 0 Å². The molecule has 2 rings (SSSR count). The van der Waals surface area contributed by atoms with Gasteiger partial charge in [0, 0.05) is 25.2 Å². The van der Waals surface area contributed by atoms with Crippen molar-refractivity contribution in [3.05, 3.63) is 35.1 Å². The molecule has 2 unspecified atom stereocenters. The molecule has 1 heterocycles. The highest BCUT2D eigenvalue weighted by molar-refractivity contribution is 5.30. The molecule has 1 aromatic rings. The zero-order valence-corrected chi connectivity index (χ0v) is 12.8. The highest BCUT2D eigenvalue weighted by atomic mass is 19.1. The Hall–Kier alpha value is -0.970. The van der Waals surface area contributed by atoms with Gasteiger partial charge in [0.2, 0.25) is 0 Å². The molecule has 2 N–H and O–H groups in total. The van der Waals surface area contributed by atoms with Gasteiger partial charge in [-0.05, 0) is 63.7 Å². The number of nitrogens with zero attached hydrogens (tertiary/aromatic N) is 2. The van der Waals surface area contributed by atoms with Crippen molar-refractivity contribution < 1.29 is 4.39 Å². The van der Waals surface area contributed by atoms with E-state index >= 15 is 0 Å². The number of rotatable bonds is 4. The van der Waals surface area contributed by atoms with Gasteiger partial charge in [0.15, 0.2) is 0 Å². The van der Waals surface area contributed by atoms with Gasteiger partial charge in [-0.1, -0.05) is 6.07 Å². The maximum atomic E-state index is 13.5. The van der Waals surface area contributed by atoms with E-state index in [1.807, 2.05) is 13.0 Å². The predicted octanol–water partition coefficient (Wildman–Crippen LogP) is 2.16. The van der Waals surface area contributed by atoms with Crippen molar-refractivity contribution in [1.29, 1.82) is 0 Å². The number of aryl methyl sites for hydroxylation is 1. The normalized spacial score (nSPS) is 22.2. The predicted molar refractivity (Wildman–Crippen MR) is 81.2 cm³/mol. The van der Waals surface area contributed by atoms with Crippen molar-refractivity contribution >= 4 is 0 Å². The van der Waals surface area contributed by atoms with Crippen LogP contribution in [-0.4, -0.2) is 49.6 Å². The fourth-order valence-electron chi connectivity index (χ4n) is 3.21. The maximum absolute atomic E-state index is 13.5. The minimum atomic E-state index is -0.182. The Morgan fingerprint density at radius 2 is 2.25 bits per heavy atom. The van der Waals surface area contributed by atoms with E-state index in [0.717, 1.165) is 24.2 Å². The fraction of sp³-hybridized carbons (Fsp3) is 0.625. The lowest BCUT2D eigenvalue weighted by molar-refractivity contribution is 0.101. The summed E-state index contributed by atoms with van der Waals surface area (Å²) in [6.45, 7) is 4.76. The molecular formula is C16H26FN3. The Bertz CT molecular complexity index is 449. The summed E-state index contributed by atoms with van der Waals surface area (Å²) in [5.41, 5.74) is 8.11. The van der Waals surface area contributed by atoms with Crippen LogP contribution in [0.15, 0.2) is 18.2 Å². The monoisotopic (exact) mass is 279 g/mol. The average Bonchev–Trinajstić information content (AvgIpc) is 2.43. The lowest BCUT2D eigenvalue weighted by Gasteiger charge is -2.40. The minimum Gasteiger partial charge on any atom is -0.329 e. The first-order chi connectivity index (χ1) is 9.52. The lowest BCUT2D eigenvalue weighted by atomic mass is 9.96. The zero-order chi connectivity index (χ0) is 14.7. The first kappa shape index (κ1) is 15.4. The van der Waals surface area contributed by atoms with Crippen LogP contribution in [0.3, 0.4) is 0 Å². The number of hydrogen-bond donors (Lipinski definition) is 1. The van der Waals surface area contributed by atoms with E-state index in [1.165, 1.54) is 18.9 Å². The van der Waals surface area contributed by atoms with Crippen LogP contribution < -0.4 is 5.73 Å². The molecule has 0 saturated carbocycles. The molecule has 0 bridgehead atoms. The Labute approximate surface area is 121 Å². The number of nitrogens with two attached hydrogens (primary N) is 1. The van der Waals surface area contributed by atoms with Crippen molar-refractivity contribution in [3.63, 3.8) is 0 Å². The third-order valence-electron chi connectivity index (χ3n) is 4.49. The van der Waals surface area contributed by atoms with E-state index in [0.29, 0.717) is 12.6 Å². The third-order valence-corrected chi connectivity index (χ3v) is 4.49. The first-order valence-electron chi connectivity index (χ1n) is 7.39. The van der Waals surface area contributed by atoms with Crippen LogP contribution in [0.5, 0.6) is 0 Å². The summed E-state index contributed by atoms with van der Waals surface area (Å²) in [4.78, 5) is 4.69. The van der Waals surface area contributed by atoms with Crippen LogP contribution in [0.1, 0.15) is 30.0 Å². The van der Waals surface area contributed by atoms with Crippen LogP contribution in [0.25, 0.3) is 0 Å². The Morgan fingerprint density at radius 3 is 2.90 bits per heavy atom. The number of halogens is 1. The molecule has 1 fully saturated rings. The number of likely N-dealkylation sites (tertiary alicyclic amines) is 1.